The van der Waals surface area contributed by atoms with Crippen LogP contribution in [0.1, 0.15) is 72.9 Å². The first-order valence-electron chi connectivity index (χ1n) is 12.8. The molecule has 2 aliphatic carbocycles. The molecular weight excluding hydrogens is 463 g/mol. The minimum Gasteiger partial charge on any atom is -0.302 e. The van der Waals surface area contributed by atoms with Crippen LogP contribution in [0.2, 0.25) is 0 Å². The molecule has 1 aromatic carbocycles. The molecule has 6 rings (SSSR count). The molecule has 0 radical (unpaired) electrons. The molecule has 35 heavy (non-hydrogen) atoms. The first-order valence-corrected chi connectivity index (χ1v) is 13.8. The van der Waals surface area contributed by atoms with Gasteiger partial charge in [-0.05, 0) is 93.5 Å². The second-order valence-electron chi connectivity index (χ2n) is 10.2. The van der Waals surface area contributed by atoms with Crippen LogP contribution < -0.4 is 5.56 Å². The number of rotatable bonds is 6. The summed E-state index contributed by atoms with van der Waals surface area (Å²) in [6.07, 6.45) is 5.32. The molecule has 184 valence electrons. The van der Waals surface area contributed by atoms with Crippen LogP contribution in [0.3, 0.4) is 0 Å². The van der Waals surface area contributed by atoms with E-state index >= 15 is 0 Å². The van der Waals surface area contributed by atoms with Crippen LogP contribution in [0.25, 0.3) is 22.3 Å². The molecule has 2 aromatic heterocycles. The summed E-state index contributed by atoms with van der Waals surface area (Å²) in [5, 5.41) is 1.07. The van der Waals surface area contributed by atoms with Gasteiger partial charge in [0.15, 0.2) is 11.1 Å². The van der Waals surface area contributed by atoms with Crippen molar-refractivity contribution in [1.29, 1.82) is 0 Å². The van der Waals surface area contributed by atoms with Crippen molar-refractivity contribution < 1.29 is 12.8 Å². The fourth-order valence-electron chi connectivity index (χ4n) is 6.61. The van der Waals surface area contributed by atoms with Gasteiger partial charge < -0.3 is 4.57 Å². The molecule has 2 atom stereocenters. The van der Waals surface area contributed by atoms with E-state index in [1.165, 1.54) is 5.56 Å². The molecule has 7 heteroatoms. The maximum absolute atomic E-state index is 14.8. The van der Waals surface area contributed by atoms with E-state index in [0.29, 0.717) is 36.2 Å². The van der Waals surface area contributed by atoms with E-state index in [0.717, 1.165) is 65.6 Å². The van der Waals surface area contributed by atoms with Gasteiger partial charge >= 0.3 is 0 Å². The smallest absolute Gasteiger partial charge is 0.254 e. The van der Waals surface area contributed by atoms with Crippen LogP contribution in [0, 0.1) is 25.6 Å². The van der Waals surface area contributed by atoms with Gasteiger partial charge in [0.05, 0.1) is 34.8 Å². The first-order chi connectivity index (χ1) is 16.8. The third-order valence-electron chi connectivity index (χ3n) is 8.51. The van der Waals surface area contributed by atoms with Crippen molar-refractivity contribution >= 4 is 22.0 Å². The predicted molar refractivity (Wildman–Crippen MR) is 136 cm³/mol. The minimum atomic E-state index is -1.55. The Hall–Kier alpha value is -2.38. The number of nitrogens with zero attached hydrogens (tertiary/aromatic N) is 2. The molecule has 3 aliphatic rings. The number of halogens is 1. The molecule has 1 fully saturated rings. The number of aryl methyl sites for hydroxylation is 2. The topological polar surface area (TPSA) is 61.2 Å². The van der Waals surface area contributed by atoms with Crippen LogP contribution in [0.4, 0.5) is 4.39 Å². The van der Waals surface area contributed by atoms with Gasteiger partial charge in [-0.25, -0.2) is 13.6 Å². The quantitative estimate of drug-likeness (QED) is 0.361. The number of pyridine rings is 2. The Morgan fingerprint density at radius 2 is 1.89 bits per heavy atom. The summed E-state index contributed by atoms with van der Waals surface area (Å²) >= 11 is -1.55. The lowest BCUT2D eigenvalue weighted by molar-refractivity contribution is 0.337. The third-order valence-corrected chi connectivity index (χ3v) is 10.4. The van der Waals surface area contributed by atoms with Gasteiger partial charge in [0.2, 0.25) is 0 Å². The second kappa shape index (κ2) is 8.07. The van der Waals surface area contributed by atoms with Crippen molar-refractivity contribution in [3.05, 3.63) is 61.7 Å². The monoisotopic (exact) mass is 494 g/mol. The molecule has 1 saturated carbocycles. The summed E-state index contributed by atoms with van der Waals surface area (Å²) in [6.45, 7) is 8.43. The molecule has 0 spiro atoms. The zero-order valence-corrected chi connectivity index (χ0v) is 21.6. The Labute approximate surface area is 207 Å². The molecule has 0 saturated heterocycles. The van der Waals surface area contributed by atoms with E-state index in [4.69, 9.17) is 9.17 Å². The zero-order valence-electron chi connectivity index (χ0n) is 20.8. The van der Waals surface area contributed by atoms with Crippen LogP contribution in [0.15, 0.2) is 16.9 Å². The molecular formula is C28H31FN2O3S. The SMILES string of the molecule is CCOS(=O)[C@](CC)(c1cc2n(c(=O)c1C)Cc1c-2nc2cc(F)c(C)c3c2c1CCC3)C1CC1. The highest BCUT2D eigenvalue weighted by atomic mass is 32.2. The van der Waals surface area contributed by atoms with E-state index in [-0.39, 0.29) is 17.3 Å². The summed E-state index contributed by atoms with van der Waals surface area (Å²) in [5.74, 6) is 0.00545. The standard InChI is InChI=1S/C28H31FN2O3S/c1-5-28(17-10-11-17,35(33)34-6-2)21-12-24-26-20(14-31(24)27(32)16(21)4)19-9-7-8-18-15(3)22(29)13-23(30-26)25(18)19/h12-13,17H,5-11,14H2,1-4H3/t28-,35?/m0/s1. The van der Waals surface area contributed by atoms with Crippen LogP contribution in [-0.2, 0) is 39.4 Å². The minimum absolute atomic E-state index is 0.0582. The van der Waals surface area contributed by atoms with Crippen molar-refractivity contribution in [1.82, 2.24) is 9.55 Å². The molecule has 1 aliphatic heterocycles. The lowest BCUT2D eigenvalue weighted by Crippen LogP contribution is -2.38. The Bertz CT molecular complexity index is 1490. The first kappa shape index (κ1) is 23.0. The number of hydrogen-bond acceptors (Lipinski definition) is 4. The summed E-state index contributed by atoms with van der Waals surface area (Å²) in [5.41, 5.74) is 7.65. The largest absolute Gasteiger partial charge is 0.302 e. The van der Waals surface area contributed by atoms with Crippen molar-refractivity contribution in [2.45, 2.75) is 77.5 Å². The number of benzene rings is 1. The highest BCUT2D eigenvalue weighted by Crippen LogP contribution is 2.53. The highest BCUT2D eigenvalue weighted by molar-refractivity contribution is 7.81. The van der Waals surface area contributed by atoms with Crippen LogP contribution in [0.5, 0.6) is 0 Å². The van der Waals surface area contributed by atoms with Gasteiger partial charge in [-0.3, -0.25) is 8.98 Å². The average Bonchev–Trinajstić information content (AvgIpc) is 3.63. The van der Waals surface area contributed by atoms with Gasteiger partial charge in [-0.2, -0.15) is 0 Å². The van der Waals surface area contributed by atoms with Crippen molar-refractivity contribution in [3.8, 4) is 11.4 Å². The number of fused-ring (bicyclic) bond motifs is 4. The maximum atomic E-state index is 14.8. The van der Waals surface area contributed by atoms with Crippen molar-refractivity contribution in [3.63, 3.8) is 0 Å². The fraction of sp³-hybridized carbons (Fsp3) is 0.500. The van der Waals surface area contributed by atoms with Gasteiger partial charge in [0, 0.05) is 22.6 Å². The lowest BCUT2D eigenvalue weighted by atomic mass is 9.84. The van der Waals surface area contributed by atoms with Gasteiger partial charge in [-0.1, -0.05) is 6.92 Å². The Morgan fingerprint density at radius 1 is 1.14 bits per heavy atom. The Morgan fingerprint density at radius 3 is 2.57 bits per heavy atom. The molecule has 0 N–H and O–H groups in total. The summed E-state index contributed by atoms with van der Waals surface area (Å²) in [4.78, 5) is 18.7. The predicted octanol–water partition coefficient (Wildman–Crippen LogP) is 5.39. The second-order valence-corrected chi connectivity index (χ2v) is 11.7. The number of aromatic nitrogens is 2. The molecule has 0 amide bonds. The molecule has 3 aromatic rings. The van der Waals surface area contributed by atoms with Crippen molar-refractivity contribution in [2.24, 2.45) is 5.92 Å². The van der Waals surface area contributed by atoms with E-state index in [9.17, 15) is 13.4 Å². The van der Waals surface area contributed by atoms with E-state index in [1.807, 2.05) is 33.8 Å². The highest BCUT2D eigenvalue weighted by Gasteiger charge is 2.52. The van der Waals surface area contributed by atoms with Gasteiger partial charge in [-0.15, -0.1) is 0 Å². The summed E-state index contributed by atoms with van der Waals surface area (Å²) < 4.78 is 35.1. The maximum Gasteiger partial charge on any atom is 0.254 e. The lowest BCUT2D eigenvalue weighted by Gasteiger charge is -2.33. The number of hydrogen-bond donors (Lipinski definition) is 0. The Balaban J connectivity index is 1.63. The molecule has 3 heterocycles. The zero-order chi connectivity index (χ0) is 24.6. The van der Waals surface area contributed by atoms with Gasteiger partial charge in [0.1, 0.15) is 5.82 Å². The molecule has 5 nitrogen and oxygen atoms in total. The van der Waals surface area contributed by atoms with Crippen LogP contribution in [-0.4, -0.2) is 20.4 Å². The van der Waals surface area contributed by atoms with E-state index in [1.54, 1.807) is 10.6 Å². The normalized spacial score (nSPS) is 18.9. The van der Waals surface area contributed by atoms with E-state index < -0.39 is 15.8 Å². The van der Waals surface area contributed by atoms with Crippen LogP contribution >= 0.6 is 0 Å². The summed E-state index contributed by atoms with van der Waals surface area (Å²) in [7, 11) is 0. The van der Waals surface area contributed by atoms with Gasteiger partial charge in [0.25, 0.3) is 5.56 Å². The summed E-state index contributed by atoms with van der Waals surface area (Å²) in [6, 6.07) is 3.59. The Kier molecular flexibility index (Phi) is 5.31. The van der Waals surface area contributed by atoms with E-state index in [2.05, 4.69) is 0 Å². The van der Waals surface area contributed by atoms with Crippen molar-refractivity contribution in [2.75, 3.05) is 6.61 Å². The molecule has 1 unspecified atom stereocenters. The average molecular weight is 495 g/mol. The fourth-order valence-corrected chi connectivity index (χ4v) is 8.17. The third kappa shape index (κ3) is 3.10. The molecule has 0 bridgehead atoms.